The number of hydrogen-bond donors (Lipinski definition) is 1. The van der Waals surface area contributed by atoms with E-state index in [0.717, 1.165) is 6.54 Å². The zero-order valence-electron chi connectivity index (χ0n) is 12.5. The third kappa shape index (κ3) is 3.62. The van der Waals surface area contributed by atoms with Gasteiger partial charge < -0.3 is 5.32 Å². The Kier molecular flexibility index (Phi) is 5.26. The van der Waals surface area contributed by atoms with Crippen molar-refractivity contribution in [3.05, 3.63) is 55.3 Å². The van der Waals surface area contributed by atoms with Crippen molar-refractivity contribution in [2.75, 3.05) is 6.54 Å². The molecule has 0 aliphatic rings. The van der Waals surface area contributed by atoms with E-state index in [-0.39, 0.29) is 5.41 Å². The van der Waals surface area contributed by atoms with Gasteiger partial charge in [0.1, 0.15) is 0 Å². The maximum Gasteiger partial charge on any atom is 0.0681 e. The Labute approximate surface area is 139 Å². The van der Waals surface area contributed by atoms with Gasteiger partial charge in [-0.3, -0.25) is 0 Å². The summed E-state index contributed by atoms with van der Waals surface area (Å²) in [5.41, 5.74) is 1.60. The van der Waals surface area contributed by atoms with Crippen LogP contribution in [0.2, 0.25) is 0 Å². The quantitative estimate of drug-likeness (QED) is 0.684. The summed E-state index contributed by atoms with van der Waals surface area (Å²) in [4.78, 5) is 2.85. The van der Waals surface area contributed by atoms with Crippen molar-refractivity contribution in [1.29, 1.82) is 0 Å². The molecule has 1 N–H and O–H groups in total. The molecule has 108 valence electrons. The van der Waals surface area contributed by atoms with Gasteiger partial charge >= 0.3 is 0 Å². The number of benzene rings is 1. The molecule has 2 rings (SSSR count). The standard InChI is InChI=1S/C17H22INS/c1-5-19-16(12-8-6-7-9-13(12)18)14-10-11-15(20-14)17(2,3)4/h6-11,16,19H,5H2,1-4H3. The first-order chi connectivity index (χ1) is 9.43. The van der Waals surface area contributed by atoms with Crippen LogP contribution >= 0.6 is 33.9 Å². The van der Waals surface area contributed by atoms with Crippen LogP contribution in [-0.4, -0.2) is 6.54 Å². The minimum Gasteiger partial charge on any atom is -0.306 e. The van der Waals surface area contributed by atoms with Crippen molar-refractivity contribution >= 4 is 33.9 Å². The first-order valence-corrected chi connectivity index (χ1v) is 8.91. The molecule has 0 spiro atoms. The van der Waals surface area contributed by atoms with Gasteiger partial charge in [-0.25, -0.2) is 0 Å². The van der Waals surface area contributed by atoms with E-state index in [1.165, 1.54) is 18.9 Å². The predicted octanol–water partition coefficient (Wildman–Crippen LogP) is 5.35. The van der Waals surface area contributed by atoms with E-state index in [0.29, 0.717) is 6.04 Å². The maximum absolute atomic E-state index is 3.63. The minimum absolute atomic E-state index is 0.226. The lowest BCUT2D eigenvalue weighted by atomic mass is 9.95. The van der Waals surface area contributed by atoms with Crippen LogP contribution in [0.5, 0.6) is 0 Å². The number of hydrogen-bond acceptors (Lipinski definition) is 2. The van der Waals surface area contributed by atoms with Gasteiger partial charge in [0, 0.05) is 13.3 Å². The van der Waals surface area contributed by atoms with Gasteiger partial charge in [-0.05, 0) is 58.3 Å². The monoisotopic (exact) mass is 399 g/mol. The van der Waals surface area contributed by atoms with E-state index in [1.807, 2.05) is 11.3 Å². The van der Waals surface area contributed by atoms with Crippen LogP contribution in [0.15, 0.2) is 36.4 Å². The Bertz CT molecular complexity index is 568. The highest BCUT2D eigenvalue weighted by atomic mass is 127. The summed E-state index contributed by atoms with van der Waals surface area (Å²) in [5.74, 6) is 0. The van der Waals surface area contributed by atoms with Crippen LogP contribution < -0.4 is 5.32 Å². The Hall–Kier alpha value is -0.390. The fourth-order valence-electron chi connectivity index (χ4n) is 2.19. The second kappa shape index (κ2) is 6.58. The maximum atomic E-state index is 3.63. The molecule has 0 saturated heterocycles. The van der Waals surface area contributed by atoms with Gasteiger partial charge in [0.15, 0.2) is 0 Å². The molecule has 2 aromatic rings. The molecule has 0 aliphatic heterocycles. The predicted molar refractivity (Wildman–Crippen MR) is 97.7 cm³/mol. The number of halogens is 1. The molecular weight excluding hydrogens is 377 g/mol. The topological polar surface area (TPSA) is 12.0 Å². The third-order valence-corrected chi connectivity index (χ3v) is 5.83. The molecule has 1 aromatic heterocycles. The van der Waals surface area contributed by atoms with Crippen LogP contribution in [0.3, 0.4) is 0 Å². The summed E-state index contributed by atoms with van der Waals surface area (Å²) in [6.45, 7) is 9.96. The lowest BCUT2D eigenvalue weighted by molar-refractivity contribution is 0.604. The van der Waals surface area contributed by atoms with Gasteiger partial charge in [-0.2, -0.15) is 0 Å². The van der Waals surface area contributed by atoms with Gasteiger partial charge in [0.05, 0.1) is 6.04 Å². The van der Waals surface area contributed by atoms with E-state index in [1.54, 1.807) is 0 Å². The van der Waals surface area contributed by atoms with Crippen LogP contribution in [0.25, 0.3) is 0 Å². The zero-order valence-corrected chi connectivity index (χ0v) is 15.5. The fourth-order valence-corrected chi connectivity index (χ4v) is 4.05. The molecule has 1 aromatic carbocycles. The molecule has 0 fully saturated rings. The average molecular weight is 399 g/mol. The van der Waals surface area contributed by atoms with Crippen molar-refractivity contribution in [1.82, 2.24) is 5.32 Å². The third-order valence-electron chi connectivity index (χ3n) is 3.27. The molecule has 20 heavy (non-hydrogen) atoms. The molecule has 0 radical (unpaired) electrons. The highest BCUT2D eigenvalue weighted by Crippen LogP contribution is 2.35. The molecule has 0 bridgehead atoms. The summed E-state index contributed by atoms with van der Waals surface area (Å²) in [7, 11) is 0. The summed E-state index contributed by atoms with van der Waals surface area (Å²) in [5, 5.41) is 3.63. The smallest absolute Gasteiger partial charge is 0.0681 e. The number of thiophene rings is 1. The van der Waals surface area contributed by atoms with Crippen molar-refractivity contribution < 1.29 is 0 Å². The molecule has 1 unspecified atom stereocenters. The van der Waals surface area contributed by atoms with Crippen molar-refractivity contribution in [3.8, 4) is 0 Å². The lowest BCUT2D eigenvalue weighted by Crippen LogP contribution is -2.21. The normalized spacial score (nSPS) is 13.4. The van der Waals surface area contributed by atoms with Gasteiger partial charge in [0.25, 0.3) is 0 Å². The highest BCUT2D eigenvalue weighted by molar-refractivity contribution is 14.1. The summed E-state index contributed by atoms with van der Waals surface area (Å²) < 4.78 is 1.32. The molecule has 1 heterocycles. The second-order valence-electron chi connectivity index (χ2n) is 5.96. The molecule has 1 atom stereocenters. The molecular formula is C17H22INS. The van der Waals surface area contributed by atoms with Gasteiger partial charge in [0.2, 0.25) is 0 Å². The van der Waals surface area contributed by atoms with Crippen molar-refractivity contribution in [3.63, 3.8) is 0 Å². The molecule has 0 saturated carbocycles. The SMILES string of the molecule is CCNC(c1ccc(C(C)(C)C)s1)c1ccccc1I. The van der Waals surface area contributed by atoms with E-state index < -0.39 is 0 Å². The van der Waals surface area contributed by atoms with Crippen LogP contribution in [-0.2, 0) is 5.41 Å². The van der Waals surface area contributed by atoms with E-state index in [2.05, 4.69) is 92.0 Å². The molecule has 0 aliphatic carbocycles. The van der Waals surface area contributed by atoms with E-state index in [9.17, 15) is 0 Å². The fraction of sp³-hybridized carbons (Fsp3) is 0.412. The molecule has 3 heteroatoms. The molecule has 1 nitrogen and oxygen atoms in total. The van der Waals surface area contributed by atoms with E-state index in [4.69, 9.17) is 0 Å². The largest absolute Gasteiger partial charge is 0.306 e. The van der Waals surface area contributed by atoms with E-state index >= 15 is 0 Å². The average Bonchev–Trinajstić information content (AvgIpc) is 2.86. The van der Waals surface area contributed by atoms with Gasteiger partial charge in [-0.1, -0.05) is 45.9 Å². The zero-order chi connectivity index (χ0) is 14.8. The minimum atomic E-state index is 0.226. The summed E-state index contributed by atoms with van der Waals surface area (Å²) in [6.07, 6.45) is 0. The Morgan fingerprint density at radius 2 is 1.85 bits per heavy atom. The first kappa shape index (κ1) is 16.0. The Balaban J connectivity index is 2.39. The molecule has 0 amide bonds. The van der Waals surface area contributed by atoms with Crippen LogP contribution in [0.4, 0.5) is 0 Å². The summed E-state index contributed by atoms with van der Waals surface area (Å²) in [6, 6.07) is 13.5. The van der Waals surface area contributed by atoms with Gasteiger partial charge in [-0.15, -0.1) is 11.3 Å². The highest BCUT2D eigenvalue weighted by Gasteiger charge is 2.21. The number of rotatable bonds is 4. The van der Waals surface area contributed by atoms with Crippen LogP contribution in [0, 0.1) is 3.57 Å². The van der Waals surface area contributed by atoms with Crippen molar-refractivity contribution in [2.24, 2.45) is 0 Å². The van der Waals surface area contributed by atoms with Crippen LogP contribution in [0.1, 0.15) is 49.1 Å². The number of nitrogens with one attached hydrogen (secondary N) is 1. The second-order valence-corrected chi connectivity index (χ2v) is 8.24. The lowest BCUT2D eigenvalue weighted by Gasteiger charge is -2.19. The van der Waals surface area contributed by atoms with Crippen molar-refractivity contribution in [2.45, 2.75) is 39.2 Å². The Morgan fingerprint density at radius 3 is 2.40 bits per heavy atom. The Morgan fingerprint density at radius 1 is 1.15 bits per heavy atom. The summed E-state index contributed by atoms with van der Waals surface area (Å²) >= 11 is 4.36. The first-order valence-electron chi connectivity index (χ1n) is 7.01.